The Morgan fingerprint density at radius 1 is 1.40 bits per heavy atom. The molecule has 2 aromatic heterocycles. The number of hydrogen-bond donors (Lipinski definition) is 1. The maximum Gasteiger partial charge on any atom is 0.0570 e. The molecule has 0 saturated heterocycles. The van der Waals surface area contributed by atoms with Crippen LogP contribution in [0.1, 0.15) is 24.2 Å². The Bertz CT molecular complexity index is 419. The Morgan fingerprint density at radius 3 is 2.93 bits per heavy atom. The summed E-state index contributed by atoms with van der Waals surface area (Å²) in [6.45, 7) is 2.72. The molecule has 3 nitrogen and oxygen atoms in total. The Labute approximate surface area is 89.6 Å². The predicted molar refractivity (Wildman–Crippen MR) is 60.4 cm³/mol. The quantitative estimate of drug-likeness (QED) is 0.824. The lowest BCUT2D eigenvalue weighted by molar-refractivity contribution is 0.610. The van der Waals surface area contributed by atoms with Crippen molar-refractivity contribution >= 4 is 0 Å². The van der Waals surface area contributed by atoms with Crippen LogP contribution in [0.25, 0.3) is 0 Å². The molecule has 0 bridgehead atoms. The van der Waals surface area contributed by atoms with Crippen molar-refractivity contribution in [3.05, 3.63) is 54.1 Å². The molecule has 2 heterocycles. The molecule has 0 spiro atoms. The normalized spacial score (nSPS) is 12.7. The third-order valence-corrected chi connectivity index (χ3v) is 2.66. The van der Waals surface area contributed by atoms with Gasteiger partial charge in [0.05, 0.1) is 6.04 Å². The summed E-state index contributed by atoms with van der Waals surface area (Å²) in [6.07, 6.45) is 5.74. The highest BCUT2D eigenvalue weighted by Gasteiger charge is 2.09. The van der Waals surface area contributed by atoms with Gasteiger partial charge >= 0.3 is 0 Å². The lowest BCUT2D eigenvalue weighted by atomic mass is 10.1. The van der Waals surface area contributed by atoms with Gasteiger partial charge in [-0.25, -0.2) is 0 Å². The summed E-state index contributed by atoms with van der Waals surface area (Å²) in [6, 6.07) is 8.39. The lowest BCUT2D eigenvalue weighted by Gasteiger charge is -2.16. The Kier molecular flexibility index (Phi) is 2.83. The Hall–Kier alpha value is -1.61. The van der Waals surface area contributed by atoms with Crippen LogP contribution in [0.15, 0.2) is 42.9 Å². The lowest BCUT2D eigenvalue weighted by Crippen LogP contribution is -2.11. The maximum absolute atomic E-state index is 5.67. The van der Waals surface area contributed by atoms with E-state index in [-0.39, 0.29) is 6.04 Å². The SMILES string of the molecule is CC(c1cccnc1)n1cccc1CN. The van der Waals surface area contributed by atoms with Gasteiger partial charge in [-0.1, -0.05) is 6.07 Å². The van der Waals surface area contributed by atoms with Crippen LogP contribution in [0.4, 0.5) is 0 Å². The van der Waals surface area contributed by atoms with E-state index >= 15 is 0 Å². The van der Waals surface area contributed by atoms with Crippen LogP contribution >= 0.6 is 0 Å². The summed E-state index contributed by atoms with van der Waals surface area (Å²) in [5, 5.41) is 0. The first-order chi connectivity index (χ1) is 7.33. The highest BCUT2D eigenvalue weighted by atomic mass is 15.0. The molecule has 2 rings (SSSR count). The molecular weight excluding hydrogens is 186 g/mol. The first-order valence-electron chi connectivity index (χ1n) is 5.08. The Morgan fingerprint density at radius 2 is 2.27 bits per heavy atom. The monoisotopic (exact) mass is 201 g/mol. The average Bonchev–Trinajstić information content (AvgIpc) is 2.77. The Balaban J connectivity index is 2.32. The number of aromatic nitrogens is 2. The molecule has 0 saturated carbocycles. The van der Waals surface area contributed by atoms with E-state index in [1.807, 2.05) is 24.4 Å². The molecule has 1 unspecified atom stereocenters. The van der Waals surface area contributed by atoms with Gasteiger partial charge in [-0.3, -0.25) is 4.98 Å². The van der Waals surface area contributed by atoms with Crippen molar-refractivity contribution in [3.63, 3.8) is 0 Å². The minimum Gasteiger partial charge on any atom is -0.343 e. The van der Waals surface area contributed by atoms with Crippen molar-refractivity contribution in [2.75, 3.05) is 0 Å². The van der Waals surface area contributed by atoms with Gasteiger partial charge in [0.2, 0.25) is 0 Å². The molecule has 2 aromatic rings. The van der Waals surface area contributed by atoms with Crippen LogP contribution in [-0.4, -0.2) is 9.55 Å². The molecule has 0 fully saturated rings. The van der Waals surface area contributed by atoms with E-state index in [2.05, 4.69) is 28.7 Å². The largest absolute Gasteiger partial charge is 0.343 e. The number of nitrogens with two attached hydrogens (primary N) is 1. The van der Waals surface area contributed by atoms with Crippen LogP contribution in [0, 0.1) is 0 Å². The minimum atomic E-state index is 0.284. The maximum atomic E-state index is 5.67. The molecule has 1 atom stereocenters. The van der Waals surface area contributed by atoms with Crippen molar-refractivity contribution in [1.82, 2.24) is 9.55 Å². The molecular formula is C12H15N3. The van der Waals surface area contributed by atoms with Crippen molar-refractivity contribution in [2.45, 2.75) is 19.5 Å². The molecule has 0 aliphatic rings. The van der Waals surface area contributed by atoms with E-state index in [0.29, 0.717) is 6.54 Å². The highest BCUT2D eigenvalue weighted by molar-refractivity contribution is 5.18. The third kappa shape index (κ3) is 1.92. The van der Waals surface area contributed by atoms with Gasteiger partial charge in [0.25, 0.3) is 0 Å². The van der Waals surface area contributed by atoms with E-state index in [1.165, 1.54) is 5.56 Å². The van der Waals surface area contributed by atoms with Gasteiger partial charge in [0.15, 0.2) is 0 Å². The zero-order valence-electron chi connectivity index (χ0n) is 8.80. The van der Waals surface area contributed by atoms with Gasteiger partial charge < -0.3 is 10.3 Å². The zero-order valence-corrected chi connectivity index (χ0v) is 8.80. The summed E-state index contributed by atoms with van der Waals surface area (Å²) in [5.41, 5.74) is 8.02. The second-order valence-electron chi connectivity index (χ2n) is 3.57. The number of hydrogen-bond acceptors (Lipinski definition) is 2. The predicted octanol–water partition coefficient (Wildman–Crippen LogP) is 1.95. The number of nitrogens with zero attached hydrogens (tertiary/aromatic N) is 2. The molecule has 78 valence electrons. The fourth-order valence-electron chi connectivity index (χ4n) is 1.76. The summed E-state index contributed by atoms with van der Waals surface area (Å²) in [4.78, 5) is 4.13. The van der Waals surface area contributed by atoms with Crippen LogP contribution in [0.5, 0.6) is 0 Å². The molecule has 3 heteroatoms. The molecule has 0 aromatic carbocycles. The highest BCUT2D eigenvalue weighted by Crippen LogP contribution is 2.18. The van der Waals surface area contributed by atoms with Crippen LogP contribution in [-0.2, 0) is 6.54 Å². The zero-order chi connectivity index (χ0) is 10.7. The van der Waals surface area contributed by atoms with E-state index in [9.17, 15) is 0 Å². The van der Waals surface area contributed by atoms with Crippen LogP contribution < -0.4 is 5.73 Å². The first kappa shape index (κ1) is 9.93. The van der Waals surface area contributed by atoms with E-state index in [1.54, 1.807) is 6.20 Å². The number of pyridine rings is 1. The smallest absolute Gasteiger partial charge is 0.0570 e. The van der Waals surface area contributed by atoms with Crippen LogP contribution in [0.2, 0.25) is 0 Å². The van der Waals surface area contributed by atoms with Gasteiger partial charge in [0.1, 0.15) is 0 Å². The van der Waals surface area contributed by atoms with Crippen molar-refractivity contribution in [2.24, 2.45) is 5.73 Å². The van der Waals surface area contributed by atoms with Gasteiger partial charge in [-0.05, 0) is 30.7 Å². The van der Waals surface area contributed by atoms with Crippen LogP contribution in [0.3, 0.4) is 0 Å². The van der Waals surface area contributed by atoms with Gasteiger partial charge in [0, 0.05) is 30.8 Å². The number of rotatable bonds is 3. The summed E-state index contributed by atoms with van der Waals surface area (Å²) in [5.74, 6) is 0. The van der Waals surface area contributed by atoms with E-state index in [4.69, 9.17) is 5.73 Å². The summed E-state index contributed by atoms with van der Waals surface area (Å²) in [7, 11) is 0. The van der Waals surface area contributed by atoms with Gasteiger partial charge in [-0.15, -0.1) is 0 Å². The topological polar surface area (TPSA) is 43.8 Å². The second kappa shape index (κ2) is 4.28. The van der Waals surface area contributed by atoms with E-state index in [0.717, 1.165) is 5.69 Å². The second-order valence-corrected chi connectivity index (χ2v) is 3.57. The van der Waals surface area contributed by atoms with Crippen molar-refractivity contribution in [3.8, 4) is 0 Å². The fraction of sp³-hybridized carbons (Fsp3) is 0.250. The minimum absolute atomic E-state index is 0.284. The molecule has 0 aliphatic heterocycles. The summed E-state index contributed by atoms with van der Waals surface area (Å²) >= 11 is 0. The molecule has 0 aliphatic carbocycles. The summed E-state index contributed by atoms with van der Waals surface area (Å²) < 4.78 is 2.18. The van der Waals surface area contributed by atoms with Crippen molar-refractivity contribution in [1.29, 1.82) is 0 Å². The van der Waals surface area contributed by atoms with Gasteiger partial charge in [-0.2, -0.15) is 0 Å². The van der Waals surface area contributed by atoms with Crippen molar-refractivity contribution < 1.29 is 0 Å². The fourth-order valence-corrected chi connectivity index (χ4v) is 1.76. The molecule has 0 amide bonds. The standard InChI is InChI=1S/C12H15N3/c1-10(11-4-2-6-14-9-11)15-7-3-5-12(15)8-13/h2-7,9-10H,8,13H2,1H3. The average molecular weight is 201 g/mol. The molecule has 0 radical (unpaired) electrons. The molecule has 15 heavy (non-hydrogen) atoms. The van der Waals surface area contributed by atoms with E-state index < -0.39 is 0 Å². The first-order valence-corrected chi connectivity index (χ1v) is 5.08. The molecule has 2 N–H and O–H groups in total. The third-order valence-electron chi connectivity index (χ3n) is 2.66.